The predicted octanol–water partition coefficient (Wildman–Crippen LogP) is 15.5. The summed E-state index contributed by atoms with van der Waals surface area (Å²) < 4.78 is 6.43. The van der Waals surface area contributed by atoms with Crippen LogP contribution in [0.25, 0.3) is 66.1 Å². The number of rotatable bonds is 6. The normalized spacial score (nSPS) is 16.6. The average Bonchev–Trinajstić information content (AvgIpc) is 3.71. The van der Waals surface area contributed by atoms with Crippen molar-refractivity contribution < 1.29 is 4.42 Å². The fourth-order valence-electron chi connectivity index (χ4n) is 10.1. The van der Waals surface area contributed by atoms with Crippen molar-refractivity contribution in [1.82, 2.24) is 0 Å². The van der Waals surface area contributed by atoms with Gasteiger partial charge in [-0.2, -0.15) is 0 Å². The fraction of sp³-hybridized carbons (Fsp3) is 0.0690. The Morgan fingerprint density at radius 3 is 1.95 bits per heavy atom. The van der Waals surface area contributed by atoms with Crippen LogP contribution in [-0.4, -0.2) is 0 Å². The summed E-state index contributed by atoms with van der Waals surface area (Å²) in [7, 11) is 0. The van der Waals surface area contributed by atoms with Gasteiger partial charge in [-0.25, -0.2) is 0 Å². The molecule has 2 heteroatoms. The summed E-state index contributed by atoms with van der Waals surface area (Å²) in [4.78, 5) is 2.36. The van der Waals surface area contributed by atoms with E-state index >= 15 is 0 Å². The van der Waals surface area contributed by atoms with E-state index in [1.807, 2.05) is 12.1 Å². The van der Waals surface area contributed by atoms with E-state index in [9.17, 15) is 0 Å². The first kappa shape index (κ1) is 34.6. The van der Waals surface area contributed by atoms with Gasteiger partial charge in [-0.3, -0.25) is 0 Å². The van der Waals surface area contributed by atoms with Crippen LogP contribution in [0.2, 0.25) is 0 Å². The largest absolute Gasteiger partial charge is 0.455 e. The second kappa shape index (κ2) is 14.1. The van der Waals surface area contributed by atoms with E-state index in [0.717, 1.165) is 63.0 Å². The molecule has 1 aromatic heterocycles. The Kier molecular flexibility index (Phi) is 8.16. The maximum Gasteiger partial charge on any atom is 0.143 e. The zero-order valence-corrected chi connectivity index (χ0v) is 33.1. The van der Waals surface area contributed by atoms with Crippen LogP contribution in [0.5, 0.6) is 0 Å². The Bertz CT molecular complexity index is 3230. The second-order valence-corrected chi connectivity index (χ2v) is 16.4. The zero-order chi connectivity index (χ0) is 39.6. The lowest BCUT2D eigenvalue weighted by Gasteiger charge is -2.32. The van der Waals surface area contributed by atoms with Crippen molar-refractivity contribution in [3.63, 3.8) is 0 Å². The van der Waals surface area contributed by atoms with Gasteiger partial charge in [0, 0.05) is 39.3 Å². The highest BCUT2D eigenvalue weighted by atomic mass is 16.3. The minimum Gasteiger partial charge on any atom is -0.455 e. The van der Waals surface area contributed by atoms with E-state index in [4.69, 9.17) is 4.42 Å². The first-order valence-electron chi connectivity index (χ1n) is 21.1. The Balaban J connectivity index is 0.921. The SMILES string of the molecule is C1=CC2=CC=CC3Cc4ccc5c(-c6ccc(N(c7ccc(-c8ccccc8)cc7)c7ccc(-c8cccc9c8oc8ccccc89)cc7)cc6)ccc(c5c4)CC(=C1)C23. The molecule has 2 bridgehead atoms. The van der Waals surface area contributed by atoms with E-state index in [0.29, 0.717) is 11.8 Å². The van der Waals surface area contributed by atoms with Crippen LogP contribution in [0, 0.1) is 11.8 Å². The number of hydrogen-bond acceptors (Lipinski definition) is 2. The maximum atomic E-state index is 6.43. The summed E-state index contributed by atoms with van der Waals surface area (Å²) in [5, 5.41) is 4.97. The molecule has 0 spiro atoms. The Hall–Kier alpha value is -7.42. The molecule has 2 atom stereocenters. The van der Waals surface area contributed by atoms with Gasteiger partial charge in [-0.05, 0) is 117 Å². The van der Waals surface area contributed by atoms with Gasteiger partial charge in [0.1, 0.15) is 11.2 Å². The standard InChI is InChI=1S/C58H41NO/c1-2-9-39(10-3-1)40-20-27-47(28-21-40)59(49-31-24-42(25-32-49)51-16-8-17-54-53-15-4-5-18-56(53)60-58(51)54)48-29-22-41(23-30-48)50-34-26-44-37-46-14-7-12-43-11-6-13-45(57(43)46)35-38-19-33-52(50)55(44)36-38/h1-34,36,45,57H,35,37H2. The highest BCUT2D eigenvalue weighted by molar-refractivity contribution is 6.09. The Labute approximate surface area is 350 Å². The van der Waals surface area contributed by atoms with Crippen LogP contribution in [0.1, 0.15) is 11.1 Å². The van der Waals surface area contributed by atoms with E-state index in [1.165, 1.54) is 55.3 Å². The number of benzene rings is 8. The van der Waals surface area contributed by atoms with Crippen molar-refractivity contribution in [1.29, 1.82) is 0 Å². The topological polar surface area (TPSA) is 16.4 Å². The van der Waals surface area contributed by atoms with Crippen molar-refractivity contribution >= 4 is 49.8 Å². The molecule has 0 saturated carbocycles. The van der Waals surface area contributed by atoms with Gasteiger partial charge in [0.2, 0.25) is 0 Å². The lowest BCUT2D eigenvalue weighted by atomic mass is 9.72. The molecule has 0 radical (unpaired) electrons. The number of furan rings is 1. The van der Waals surface area contributed by atoms with E-state index in [1.54, 1.807) is 0 Å². The van der Waals surface area contributed by atoms with Crippen molar-refractivity contribution in [3.8, 4) is 33.4 Å². The summed E-state index contributed by atoms with van der Waals surface area (Å²) in [5.41, 5.74) is 18.0. The molecule has 2 nitrogen and oxygen atoms in total. The van der Waals surface area contributed by atoms with Gasteiger partial charge < -0.3 is 9.32 Å². The van der Waals surface area contributed by atoms with Crippen LogP contribution in [0.4, 0.5) is 17.1 Å². The third-order valence-corrected chi connectivity index (χ3v) is 13.0. The molecule has 0 N–H and O–H groups in total. The van der Waals surface area contributed by atoms with Gasteiger partial charge in [0.15, 0.2) is 0 Å². The molecule has 12 rings (SSSR count). The van der Waals surface area contributed by atoms with E-state index in [-0.39, 0.29) is 0 Å². The van der Waals surface area contributed by atoms with Crippen LogP contribution in [0.15, 0.2) is 228 Å². The van der Waals surface area contributed by atoms with Crippen LogP contribution < -0.4 is 4.90 Å². The molecule has 9 aromatic rings. The molecule has 0 aliphatic heterocycles. The zero-order valence-electron chi connectivity index (χ0n) is 33.1. The number of fused-ring (bicyclic) bond motifs is 4. The monoisotopic (exact) mass is 767 g/mol. The molecule has 3 aliphatic rings. The predicted molar refractivity (Wildman–Crippen MR) is 251 cm³/mol. The number of allylic oxidation sites excluding steroid dienone is 8. The minimum atomic E-state index is 0.455. The molecule has 1 heterocycles. The quantitative estimate of drug-likeness (QED) is 0.168. The van der Waals surface area contributed by atoms with Gasteiger partial charge in [-0.15, -0.1) is 0 Å². The first-order valence-corrected chi connectivity index (χ1v) is 21.1. The van der Waals surface area contributed by atoms with Crippen molar-refractivity contribution in [2.24, 2.45) is 11.8 Å². The molecule has 0 fully saturated rings. The molecular weight excluding hydrogens is 727 g/mol. The Morgan fingerprint density at radius 2 is 1.17 bits per heavy atom. The highest BCUT2D eigenvalue weighted by Gasteiger charge is 2.30. The third-order valence-electron chi connectivity index (χ3n) is 13.0. The van der Waals surface area contributed by atoms with Crippen LogP contribution in [0.3, 0.4) is 0 Å². The lowest BCUT2D eigenvalue weighted by Crippen LogP contribution is -2.23. The fourth-order valence-corrected chi connectivity index (χ4v) is 10.1. The summed E-state index contributed by atoms with van der Waals surface area (Å²) in [6.07, 6.45) is 15.9. The molecule has 2 unspecified atom stereocenters. The number of nitrogens with zero attached hydrogens (tertiary/aromatic N) is 1. The lowest BCUT2D eigenvalue weighted by molar-refractivity contribution is 0.500. The van der Waals surface area contributed by atoms with E-state index < -0.39 is 0 Å². The van der Waals surface area contributed by atoms with Gasteiger partial charge in [0.05, 0.1) is 0 Å². The molecule has 0 saturated heterocycles. The van der Waals surface area contributed by atoms with Crippen molar-refractivity contribution in [2.45, 2.75) is 12.8 Å². The molecule has 3 aliphatic carbocycles. The average molecular weight is 768 g/mol. The van der Waals surface area contributed by atoms with Crippen LogP contribution in [-0.2, 0) is 12.8 Å². The van der Waals surface area contributed by atoms with Gasteiger partial charge in [-0.1, -0.05) is 175 Å². The van der Waals surface area contributed by atoms with Gasteiger partial charge in [0.25, 0.3) is 0 Å². The first-order chi connectivity index (χ1) is 29.7. The van der Waals surface area contributed by atoms with Crippen molar-refractivity contribution in [2.75, 3.05) is 4.90 Å². The molecular formula is C58H41NO. The second-order valence-electron chi connectivity index (χ2n) is 16.4. The van der Waals surface area contributed by atoms with Crippen LogP contribution >= 0.6 is 0 Å². The van der Waals surface area contributed by atoms with E-state index in [2.05, 4.69) is 205 Å². The summed E-state index contributed by atoms with van der Waals surface area (Å²) >= 11 is 0. The number of para-hydroxylation sites is 2. The molecule has 284 valence electrons. The molecule has 8 aromatic carbocycles. The van der Waals surface area contributed by atoms with Crippen molar-refractivity contribution in [3.05, 3.63) is 235 Å². The van der Waals surface area contributed by atoms with Gasteiger partial charge >= 0.3 is 0 Å². The molecule has 60 heavy (non-hydrogen) atoms. The number of anilines is 3. The molecule has 0 amide bonds. The summed E-state index contributed by atoms with van der Waals surface area (Å²) in [5.74, 6) is 0.940. The smallest absolute Gasteiger partial charge is 0.143 e. The maximum absolute atomic E-state index is 6.43. The number of hydrogen-bond donors (Lipinski definition) is 0. The summed E-state index contributed by atoms with van der Waals surface area (Å²) in [6, 6.07) is 64.2. The third kappa shape index (κ3) is 5.87. The summed E-state index contributed by atoms with van der Waals surface area (Å²) in [6.45, 7) is 0. The Morgan fingerprint density at radius 1 is 0.483 bits per heavy atom. The highest BCUT2D eigenvalue weighted by Crippen LogP contribution is 2.44. The minimum absolute atomic E-state index is 0.455.